The molecule has 11 heavy (non-hydrogen) atoms. The van der Waals surface area contributed by atoms with Crippen LogP contribution < -0.4 is 11.5 Å². The van der Waals surface area contributed by atoms with Gasteiger partial charge in [0.2, 0.25) is 0 Å². The Hall–Kier alpha value is 0.500. The molecular formula is C7H16Cl2N2. The molecule has 2 aliphatic rings. The molecule has 68 valence electrons. The fourth-order valence-electron chi connectivity index (χ4n) is 2.30. The van der Waals surface area contributed by atoms with Crippen molar-refractivity contribution < 1.29 is 0 Å². The second-order valence-corrected chi connectivity index (χ2v) is 3.90. The minimum Gasteiger partial charge on any atom is -0.325 e. The van der Waals surface area contributed by atoms with Gasteiger partial charge >= 0.3 is 0 Å². The standard InChI is InChI=1S/C7H14N2.2ClH/c8-6-1-2-7(9,5-6)4-3-6;;/h1-5,8-9H2;2*1H. The molecule has 0 atom stereocenters. The zero-order chi connectivity index (χ0) is 6.54. The highest BCUT2D eigenvalue weighted by Crippen LogP contribution is 2.47. The molecule has 0 amide bonds. The summed E-state index contributed by atoms with van der Waals surface area (Å²) in [6.07, 6.45) is 5.69. The summed E-state index contributed by atoms with van der Waals surface area (Å²) in [5.74, 6) is 0. The van der Waals surface area contributed by atoms with E-state index >= 15 is 0 Å². The maximum atomic E-state index is 6.01. The first-order valence-corrected chi connectivity index (χ1v) is 3.70. The summed E-state index contributed by atoms with van der Waals surface area (Å²) in [6, 6.07) is 0. The monoisotopic (exact) mass is 198 g/mol. The van der Waals surface area contributed by atoms with E-state index in [0.29, 0.717) is 0 Å². The van der Waals surface area contributed by atoms with Gasteiger partial charge in [0.05, 0.1) is 0 Å². The van der Waals surface area contributed by atoms with Crippen molar-refractivity contribution >= 4 is 24.8 Å². The van der Waals surface area contributed by atoms with Crippen molar-refractivity contribution in [3.8, 4) is 0 Å². The van der Waals surface area contributed by atoms with Crippen molar-refractivity contribution in [2.24, 2.45) is 11.5 Å². The first kappa shape index (κ1) is 11.5. The molecule has 2 bridgehead atoms. The lowest BCUT2D eigenvalue weighted by Gasteiger charge is -2.21. The van der Waals surface area contributed by atoms with Crippen LogP contribution in [0.5, 0.6) is 0 Å². The SMILES string of the molecule is Cl.Cl.NC12CCC(N)(CC1)C2. The Labute approximate surface area is 79.9 Å². The van der Waals surface area contributed by atoms with Crippen molar-refractivity contribution in [3.05, 3.63) is 0 Å². The summed E-state index contributed by atoms with van der Waals surface area (Å²) in [4.78, 5) is 0. The summed E-state index contributed by atoms with van der Waals surface area (Å²) in [6.45, 7) is 0. The van der Waals surface area contributed by atoms with Crippen molar-refractivity contribution in [3.63, 3.8) is 0 Å². The van der Waals surface area contributed by atoms with Gasteiger partial charge in [0.25, 0.3) is 0 Å². The summed E-state index contributed by atoms with van der Waals surface area (Å²) in [5.41, 5.74) is 12.3. The summed E-state index contributed by atoms with van der Waals surface area (Å²) in [7, 11) is 0. The van der Waals surface area contributed by atoms with Crippen molar-refractivity contribution in [1.29, 1.82) is 0 Å². The lowest BCUT2D eigenvalue weighted by Crippen LogP contribution is -2.34. The van der Waals surface area contributed by atoms with Crippen LogP contribution in [0.1, 0.15) is 32.1 Å². The zero-order valence-corrected chi connectivity index (χ0v) is 8.14. The lowest BCUT2D eigenvalue weighted by atomic mass is 9.93. The molecule has 0 heterocycles. The van der Waals surface area contributed by atoms with E-state index in [0.717, 1.165) is 32.1 Å². The Morgan fingerprint density at radius 1 is 0.727 bits per heavy atom. The van der Waals surface area contributed by atoms with Crippen molar-refractivity contribution in [2.45, 2.75) is 43.2 Å². The maximum absolute atomic E-state index is 6.01. The van der Waals surface area contributed by atoms with Crippen LogP contribution in [-0.4, -0.2) is 11.1 Å². The third kappa shape index (κ3) is 1.81. The fourth-order valence-corrected chi connectivity index (χ4v) is 2.30. The molecule has 0 aromatic carbocycles. The number of hydrogen-bond donors (Lipinski definition) is 2. The molecule has 4 N–H and O–H groups in total. The highest BCUT2D eigenvalue weighted by Gasteiger charge is 2.49. The molecule has 2 saturated carbocycles. The van der Waals surface area contributed by atoms with Gasteiger partial charge in [-0.2, -0.15) is 0 Å². The van der Waals surface area contributed by atoms with Crippen LogP contribution in [0, 0.1) is 0 Å². The molecule has 0 saturated heterocycles. The van der Waals surface area contributed by atoms with Gasteiger partial charge in [-0.3, -0.25) is 0 Å². The second-order valence-electron chi connectivity index (χ2n) is 3.90. The Bertz CT molecular complexity index is 125. The van der Waals surface area contributed by atoms with E-state index in [1.54, 1.807) is 0 Å². The normalized spacial score (nSPS) is 46.4. The topological polar surface area (TPSA) is 52.0 Å². The van der Waals surface area contributed by atoms with E-state index in [1.807, 2.05) is 0 Å². The summed E-state index contributed by atoms with van der Waals surface area (Å²) < 4.78 is 0. The van der Waals surface area contributed by atoms with Gasteiger partial charge in [0.1, 0.15) is 0 Å². The second kappa shape index (κ2) is 3.09. The Kier molecular flexibility index (Phi) is 3.23. The van der Waals surface area contributed by atoms with Crippen LogP contribution >= 0.6 is 24.8 Å². The molecule has 2 aliphatic carbocycles. The molecule has 0 radical (unpaired) electrons. The minimum atomic E-state index is 0. The van der Waals surface area contributed by atoms with Gasteiger partial charge < -0.3 is 11.5 Å². The number of rotatable bonds is 0. The van der Waals surface area contributed by atoms with Gasteiger partial charge in [-0.15, -0.1) is 24.8 Å². The Morgan fingerprint density at radius 2 is 1.00 bits per heavy atom. The number of fused-ring (bicyclic) bond motifs is 2. The van der Waals surface area contributed by atoms with Crippen LogP contribution in [0.4, 0.5) is 0 Å². The molecule has 2 fully saturated rings. The van der Waals surface area contributed by atoms with Crippen LogP contribution in [-0.2, 0) is 0 Å². The lowest BCUT2D eigenvalue weighted by molar-refractivity contribution is 0.395. The number of halogens is 2. The molecule has 0 aromatic heterocycles. The van der Waals surface area contributed by atoms with Crippen molar-refractivity contribution in [1.82, 2.24) is 0 Å². The van der Waals surface area contributed by atoms with Gasteiger partial charge in [0, 0.05) is 11.1 Å². The Morgan fingerprint density at radius 3 is 1.09 bits per heavy atom. The van der Waals surface area contributed by atoms with E-state index < -0.39 is 0 Å². The summed E-state index contributed by atoms with van der Waals surface area (Å²) in [5, 5.41) is 0. The van der Waals surface area contributed by atoms with Gasteiger partial charge in [-0.05, 0) is 32.1 Å². The van der Waals surface area contributed by atoms with E-state index in [9.17, 15) is 0 Å². The van der Waals surface area contributed by atoms with E-state index in [2.05, 4.69) is 0 Å². The molecule has 2 rings (SSSR count). The van der Waals surface area contributed by atoms with Gasteiger partial charge in [-0.1, -0.05) is 0 Å². The predicted octanol–water partition coefficient (Wildman–Crippen LogP) is 1.20. The highest BCUT2D eigenvalue weighted by atomic mass is 35.5. The molecule has 4 heteroatoms. The van der Waals surface area contributed by atoms with Crippen LogP contribution in [0.25, 0.3) is 0 Å². The highest BCUT2D eigenvalue weighted by molar-refractivity contribution is 5.85. The molecule has 0 spiro atoms. The maximum Gasteiger partial charge on any atom is 0.0173 e. The van der Waals surface area contributed by atoms with Crippen LogP contribution in [0.2, 0.25) is 0 Å². The average molecular weight is 199 g/mol. The zero-order valence-electron chi connectivity index (χ0n) is 6.51. The van der Waals surface area contributed by atoms with Gasteiger partial charge in [0.15, 0.2) is 0 Å². The predicted molar refractivity (Wildman–Crippen MR) is 51.4 cm³/mol. The average Bonchev–Trinajstić information content (AvgIpc) is 2.19. The van der Waals surface area contributed by atoms with Crippen molar-refractivity contribution in [2.75, 3.05) is 0 Å². The smallest absolute Gasteiger partial charge is 0.0173 e. The number of hydrogen-bond acceptors (Lipinski definition) is 2. The van der Waals surface area contributed by atoms with E-state index in [-0.39, 0.29) is 35.9 Å². The largest absolute Gasteiger partial charge is 0.325 e. The van der Waals surface area contributed by atoms with E-state index in [1.165, 1.54) is 0 Å². The molecule has 0 aliphatic heterocycles. The minimum absolute atomic E-state index is 0. The first-order chi connectivity index (χ1) is 4.12. The molecule has 2 nitrogen and oxygen atoms in total. The number of nitrogens with two attached hydrogens (primary N) is 2. The van der Waals surface area contributed by atoms with Crippen LogP contribution in [0.15, 0.2) is 0 Å². The molecule has 0 aromatic rings. The fraction of sp³-hybridized carbons (Fsp3) is 1.00. The first-order valence-electron chi connectivity index (χ1n) is 3.70. The van der Waals surface area contributed by atoms with Gasteiger partial charge in [-0.25, -0.2) is 0 Å². The summed E-state index contributed by atoms with van der Waals surface area (Å²) >= 11 is 0. The quantitative estimate of drug-likeness (QED) is 0.615. The molecule has 0 unspecified atom stereocenters. The molecular weight excluding hydrogens is 183 g/mol. The third-order valence-electron chi connectivity index (χ3n) is 2.95. The van der Waals surface area contributed by atoms with Crippen LogP contribution in [0.3, 0.4) is 0 Å². The van der Waals surface area contributed by atoms with E-state index in [4.69, 9.17) is 11.5 Å². The third-order valence-corrected chi connectivity index (χ3v) is 2.95. The Balaban J connectivity index is 0.000000500.